The largest absolute Gasteiger partial charge is 0.508 e. The molecule has 0 spiro atoms. The van der Waals surface area contributed by atoms with Crippen LogP contribution in [0.1, 0.15) is 25.0 Å². The van der Waals surface area contributed by atoms with E-state index >= 15 is 0 Å². The van der Waals surface area contributed by atoms with Gasteiger partial charge in [0, 0.05) is 11.6 Å². The predicted molar refractivity (Wildman–Crippen MR) is 74.0 cm³/mol. The minimum Gasteiger partial charge on any atom is -0.508 e. The molecule has 0 amide bonds. The Labute approximate surface area is 108 Å². The second-order valence-electron chi connectivity index (χ2n) is 4.40. The Morgan fingerprint density at radius 1 is 0.833 bits per heavy atom. The summed E-state index contributed by atoms with van der Waals surface area (Å²) in [6, 6.07) is 11.0. The van der Waals surface area contributed by atoms with Crippen LogP contribution in [0.4, 0.5) is 0 Å². The zero-order valence-electron chi connectivity index (χ0n) is 10.8. The Hall–Kier alpha value is -1.96. The standard InChI is InChI=1S/C16H18O2/c1-3-11-5-7-14(12(4-2)9-11)15-8-6-13(17)10-16(15)18/h5-10,17-18H,3-4H2,1-2H3. The van der Waals surface area contributed by atoms with Crippen molar-refractivity contribution in [3.8, 4) is 22.6 Å². The fourth-order valence-corrected chi connectivity index (χ4v) is 2.17. The van der Waals surface area contributed by atoms with E-state index in [1.807, 2.05) is 6.07 Å². The van der Waals surface area contributed by atoms with E-state index in [2.05, 4.69) is 26.0 Å². The van der Waals surface area contributed by atoms with E-state index in [0.29, 0.717) is 0 Å². The van der Waals surface area contributed by atoms with Crippen molar-refractivity contribution < 1.29 is 10.2 Å². The minimum atomic E-state index is 0.0828. The zero-order valence-corrected chi connectivity index (χ0v) is 10.8. The monoisotopic (exact) mass is 242 g/mol. The van der Waals surface area contributed by atoms with Crippen molar-refractivity contribution in [1.82, 2.24) is 0 Å². The molecule has 0 saturated heterocycles. The number of aromatic hydroxyl groups is 2. The molecule has 2 aromatic carbocycles. The van der Waals surface area contributed by atoms with E-state index in [0.717, 1.165) is 24.0 Å². The molecule has 0 unspecified atom stereocenters. The van der Waals surface area contributed by atoms with E-state index in [1.165, 1.54) is 17.2 Å². The highest BCUT2D eigenvalue weighted by atomic mass is 16.3. The summed E-state index contributed by atoms with van der Waals surface area (Å²) in [6.07, 6.45) is 1.93. The molecular formula is C16H18O2. The van der Waals surface area contributed by atoms with Crippen LogP contribution in [-0.4, -0.2) is 10.2 Å². The molecule has 2 N–H and O–H groups in total. The lowest BCUT2D eigenvalue weighted by Gasteiger charge is -2.12. The summed E-state index contributed by atoms with van der Waals surface area (Å²) in [5.41, 5.74) is 4.32. The number of hydrogen-bond donors (Lipinski definition) is 2. The SMILES string of the molecule is CCc1ccc(-c2ccc(O)cc2O)c(CC)c1. The van der Waals surface area contributed by atoms with Crippen LogP contribution in [0, 0.1) is 0 Å². The molecule has 2 heteroatoms. The van der Waals surface area contributed by atoms with Crippen molar-refractivity contribution in [2.75, 3.05) is 0 Å². The first kappa shape index (κ1) is 12.5. The van der Waals surface area contributed by atoms with Gasteiger partial charge in [0.25, 0.3) is 0 Å². The number of benzene rings is 2. The van der Waals surface area contributed by atoms with Gasteiger partial charge >= 0.3 is 0 Å². The summed E-state index contributed by atoms with van der Waals surface area (Å²) < 4.78 is 0. The van der Waals surface area contributed by atoms with Crippen LogP contribution in [0.2, 0.25) is 0 Å². The molecule has 0 aliphatic rings. The second-order valence-corrected chi connectivity index (χ2v) is 4.40. The van der Waals surface area contributed by atoms with Crippen molar-refractivity contribution in [1.29, 1.82) is 0 Å². The number of aryl methyl sites for hydroxylation is 2. The van der Waals surface area contributed by atoms with Gasteiger partial charge in [-0.2, -0.15) is 0 Å². The van der Waals surface area contributed by atoms with Gasteiger partial charge in [-0.05, 0) is 41.7 Å². The van der Waals surface area contributed by atoms with Crippen LogP contribution >= 0.6 is 0 Å². The number of rotatable bonds is 3. The first-order valence-corrected chi connectivity index (χ1v) is 6.29. The Kier molecular flexibility index (Phi) is 3.56. The summed E-state index contributed by atoms with van der Waals surface area (Å²) in [6.45, 7) is 4.24. The molecule has 0 atom stereocenters. The molecule has 0 aliphatic carbocycles. The van der Waals surface area contributed by atoms with Crippen molar-refractivity contribution in [2.24, 2.45) is 0 Å². The van der Waals surface area contributed by atoms with Crippen molar-refractivity contribution in [3.05, 3.63) is 47.5 Å². The van der Waals surface area contributed by atoms with Gasteiger partial charge in [-0.3, -0.25) is 0 Å². The number of phenolic OH excluding ortho intramolecular Hbond substituents is 2. The van der Waals surface area contributed by atoms with Gasteiger partial charge in [-0.1, -0.05) is 32.0 Å². The van der Waals surface area contributed by atoms with Crippen LogP contribution < -0.4 is 0 Å². The lowest BCUT2D eigenvalue weighted by Crippen LogP contribution is -1.91. The molecule has 0 bridgehead atoms. The lowest BCUT2D eigenvalue weighted by atomic mass is 9.94. The molecule has 0 aromatic heterocycles. The van der Waals surface area contributed by atoms with Crippen molar-refractivity contribution in [3.63, 3.8) is 0 Å². The third-order valence-corrected chi connectivity index (χ3v) is 3.23. The minimum absolute atomic E-state index is 0.0828. The highest BCUT2D eigenvalue weighted by Gasteiger charge is 2.09. The van der Waals surface area contributed by atoms with Crippen LogP contribution in [0.15, 0.2) is 36.4 Å². The Morgan fingerprint density at radius 3 is 2.17 bits per heavy atom. The van der Waals surface area contributed by atoms with Gasteiger partial charge < -0.3 is 10.2 Å². The average Bonchev–Trinajstić information content (AvgIpc) is 2.38. The van der Waals surface area contributed by atoms with E-state index < -0.39 is 0 Å². The van der Waals surface area contributed by atoms with Crippen molar-refractivity contribution in [2.45, 2.75) is 26.7 Å². The Bertz CT molecular complexity index is 559. The second kappa shape index (κ2) is 5.13. The molecule has 18 heavy (non-hydrogen) atoms. The summed E-state index contributed by atoms with van der Waals surface area (Å²) in [4.78, 5) is 0. The number of hydrogen-bond acceptors (Lipinski definition) is 2. The molecule has 0 saturated carbocycles. The van der Waals surface area contributed by atoms with Crippen LogP contribution in [0.3, 0.4) is 0 Å². The molecule has 2 nitrogen and oxygen atoms in total. The molecule has 0 aliphatic heterocycles. The summed E-state index contributed by atoms with van der Waals surface area (Å²) >= 11 is 0. The quantitative estimate of drug-likeness (QED) is 0.857. The van der Waals surface area contributed by atoms with Gasteiger partial charge in [0.15, 0.2) is 0 Å². The zero-order chi connectivity index (χ0) is 13.1. The first-order chi connectivity index (χ1) is 8.65. The number of phenols is 2. The molecule has 0 radical (unpaired) electrons. The normalized spacial score (nSPS) is 10.6. The molecule has 2 rings (SSSR count). The topological polar surface area (TPSA) is 40.5 Å². The third-order valence-electron chi connectivity index (χ3n) is 3.23. The molecular weight excluding hydrogens is 224 g/mol. The van der Waals surface area contributed by atoms with E-state index in [1.54, 1.807) is 12.1 Å². The lowest BCUT2D eigenvalue weighted by molar-refractivity contribution is 0.452. The van der Waals surface area contributed by atoms with Gasteiger partial charge in [0.1, 0.15) is 11.5 Å². The van der Waals surface area contributed by atoms with Crippen LogP contribution in [-0.2, 0) is 12.8 Å². The maximum Gasteiger partial charge on any atom is 0.127 e. The Morgan fingerprint density at radius 2 is 1.56 bits per heavy atom. The van der Waals surface area contributed by atoms with Gasteiger partial charge in [0.05, 0.1) is 0 Å². The van der Waals surface area contributed by atoms with E-state index in [-0.39, 0.29) is 11.5 Å². The van der Waals surface area contributed by atoms with E-state index in [4.69, 9.17) is 0 Å². The average molecular weight is 242 g/mol. The fourth-order valence-electron chi connectivity index (χ4n) is 2.17. The van der Waals surface area contributed by atoms with Gasteiger partial charge in [0.2, 0.25) is 0 Å². The maximum atomic E-state index is 9.93. The van der Waals surface area contributed by atoms with Crippen LogP contribution in [0.25, 0.3) is 11.1 Å². The maximum absolute atomic E-state index is 9.93. The smallest absolute Gasteiger partial charge is 0.127 e. The van der Waals surface area contributed by atoms with Crippen LogP contribution in [0.5, 0.6) is 11.5 Å². The molecule has 0 heterocycles. The van der Waals surface area contributed by atoms with Crippen molar-refractivity contribution >= 4 is 0 Å². The summed E-state index contributed by atoms with van der Waals surface area (Å²) in [5, 5.41) is 19.3. The Balaban J connectivity index is 2.56. The van der Waals surface area contributed by atoms with E-state index in [9.17, 15) is 10.2 Å². The first-order valence-electron chi connectivity index (χ1n) is 6.29. The highest BCUT2D eigenvalue weighted by molar-refractivity contribution is 5.74. The molecule has 2 aromatic rings. The van der Waals surface area contributed by atoms with Gasteiger partial charge in [-0.15, -0.1) is 0 Å². The third kappa shape index (κ3) is 2.33. The molecule has 94 valence electrons. The predicted octanol–water partition coefficient (Wildman–Crippen LogP) is 3.89. The highest BCUT2D eigenvalue weighted by Crippen LogP contribution is 2.34. The summed E-state index contributed by atoms with van der Waals surface area (Å²) in [5.74, 6) is 0.202. The summed E-state index contributed by atoms with van der Waals surface area (Å²) in [7, 11) is 0. The molecule has 0 fully saturated rings. The fraction of sp³-hybridized carbons (Fsp3) is 0.250. The van der Waals surface area contributed by atoms with Gasteiger partial charge in [-0.25, -0.2) is 0 Å².